The number of methoxy groups -OCH3 is 1. The van der Waals surface area contributed by atoms with E-state index in [0.29, 0.717) is 5.92 Å². The molecule has 2 aliphatic heterocycles. The molecule has 1 fully saturated rings. The quantitative estimate of drug-likeness (QED) is 0.599. The van der Waals surface area contributed by atoms with Gasteiger partial charge in [-0.2, -0.15) is 5.10 Å². The molecule has 5 rings (SSSR count). The molecule has 0 unspecified atom stereocenters. The highest BCUT2D eigenvalue weighted by Gasteiger charge is 2.25. The number of nitrogens with zero attached hydrogens (tertiary/aromatic N) is 3. The summed E-state index contributed by atoms with van der Waals surface area (Å²) in [5.41, 5.74) is 4.56. The third-order valence-electron chi connectivity index (χ3n) is 5.84. The van der Waals surface area contributed by atoms with Gasteiger partial charge in [0, 0.05) is 37.5 Å². The highest BCUT2D eigenvalue weighted by Crippen LogP contribution is 2.37. The summed E-state index contributed by atoms with van der Waals surface area (Å²) in [6.07, 6.45) is 3.38. The van der Waals surface area contributed by atoms with Crippen molar-refractivity contribution in [1.82, 2.24) is 14.7 Å². The zero-order chi connectivity index (χ0) is 20.3. The molecule has 1 saturated heterocycles. The van der Waals surface area contributed by atoms with Crippen LogP contribution < -0.4 is 9.47 Å². The zero-order valence-electron chi connectivity index (χ0n) is 17.3. The molecule has 6 nitrogen and oxygen atoms in total. The first-order chi connectivity index (χ1) is 14.8. The smallest absolute Gasteiger partial charge is 0.231 e. The van der Waals surface area contributed by atoms with E-state index in [2.05, 4.69) is 41.4 Å². The number of hydrogen-bond acceptors (Lipinski definition) is 5. The van der Waals surface area contributed by atoms with E-state index in [4.69, 9.17) is 19.3 Å². The highest BCUT2D eigenvalue weighted by molar-refractivity contribution is 5.67. The lowest BCUT2D eigenvalue weighted by Crippen LogP contribution is -2.21. The van der Waals surface area contributed by atoms with Crippen LogP contribution >= 0.6 is 0 Å². The molecule has 156 valence electrons. The molecule has 0 amide bonds. The van der Waals surface area contributed by atoms with E-state index in [1.807, 2.05) is 22.9 Å². The molecule has 1 aromatic heterocycles. The number of hydrogen-bond donors (Lipinski definition) is 0. The molecule has 3 heterocycles. The van der Waals surface area contributed by atoms with Crippen molar-refractivity contribution in [3.63, 3.8) is 0 Å². The molecule has 30 heavy (non-hydrogen) atoms. The van der Waals surface area contributed by atoms with Gasteiger partial charge in [-0.3, -0.25) is 9.58 Å². The molecule has 0 radical (unpaired) electrons. The number of rotatable bonds is 7. The molecule has 0 bridgehead atoms. The van der Waals surface area contributed by atoms with E-state index in [1.54, 1.807) is 7.11 Å². The summed E-state index contributed by atoms with van der Waals surface area (Å²) in [7, 11) is 1.79. The van der Waals surface area contributed by atoms with Gasteiger partial charge in [-0.1, -0.05) is 30.3 Å². The van der Waals surface area contributed by atoms with Crippen molar-refractivity contribution in [3.8, 4) is 22.8 Å². The Balaban J connectivity index is 1.43. The van der Waals surface area contributed by atoms with Crippen LogP contribution in [-0.2, 0) is 17.8 Å². The Bertz CT molecular complexity index is 1000. The fraction of sp³-hybridized carbons (Fsp3) is 0.375. The first-order valence-electron chi connectivity index (χ1n) is 10.5. The summed E-state index contributed by atoms with van der Waals surface area (Å²) >= 11 is 0. The van der Waals surface area contributed by atoms with Crippen LogP contribution in [0.25, 0.3) is 11.3 Å². The van der Waals surface area contributed by atoms with Crippen molar-refractivity contribution >= 4 is 0 Å². The minimum atomic E-state index is 0.281. The number of fused-ring (bicyclic) bond motifs is 1. The van der Waals surface area contributed by atoms with Gasteiger partial charge in [0.2, 0.25) is 6.79 Å². The van der Waals surface area contributed by atoms with Crippen LogP contribution in [0.15, 0.2) is 54.7 Å². The Morgan fingerprint density at radius 3 is 2.80 bits per heavy atom. The number of benzene rings is 2. The first kappa shape index (κ1) is 19.2. The maximum Gasteiger partial charge on any atom is 0.231 e. The van der Waals surface area contributed by atoms with Crippen LogP contribution in [0.1, 0.15) is 17.5 Å². The van der Waals surface area contributed by atoms with Gasteiger partial charge >= 0.3 is 0 Å². The SMILES string of the molecule is COC[C@H]1CCN(Cc2cn(Cc3ccccc3)nc2-c2ccc3c(c2)OCO3)C1. The van der Waals surface area contributed by atoms with Gasteiger partial charge in [-0.25, -0.2) is 0 Å². The van der Waals surface area contributed by atoms with Crippen molar-refractivity contribution in [3.05, 3.63) is 65.9 Å². The van der Waals surface area contributed by atoms with E-state index >= 15 is 0 Å². The summed E-state index contributed by atoms with van der Waals surface area (Å²) in [5.74, 6) is 2.20. The molecule has 1 atom stereocenters. The molecule has 2 aromatic carbocycles. The predicted molar refractivity (Wildman–Crippen MR) is 115 cm³/mol. The summed E-state index contributed by atoms with van der Waals surface area (Å²) in [4.78, 5) is 2.50. The third kappa shape index (κ3) is 4.06. The largest absolute Gasteiger partial charge is 0.454 e. The number of aromatic nitrogens is 2. The maximum absolute atomic E-state index is 5.60. The lowest BCUT2D eigenvalue weighted by molar-refractivity contribution is 0.152. The Morgan fingerprint density at radius 2 is 1.93 bits per heavy atom. The summed E-state index contributed by atoms with van der Waals surface area (Å²) < 4.78 is 18.5. The molecular weight excluding hydrogens is 378 g/mol. The summed E-state index contributed by atoms with van der Waals surface area (Å²) in [6.45, 7) is 4.92. The molecule has 2 aliphatic rings. The maximum atomic E-state index is 5.60. The van der Waals surface area contributed by atoms with Crippen LogP contribution in [0.5, 0.6) is 11.5 Å². The third-order valence-corrected chi connectivity index (χ3v) is 5.84. The van der Waals surface area contributed by atoms with Crippen molar-refractivity contribution < 1.29 is 14.2 Å². The van der Waals surface area contributed by atoms with Crippen LogP contribution in [0.4, 0.5) is 0 Å². The molecule has 0 N–H and O–H groups in total. The van der Waals surface area contributed by atoms with Gasteiger partial charge in [-0.15, -0.1) is 0 Å². The van der Waals surface area contributed by atoms with E-state index in [1.165, 1.54) is 17.5 Å². The van der Waals surface area contributed by atoms with Crippen molar-refractivity contribution in [2.45, 2.75) is 19.5 Å². The second-order valence-corrected chi connectivity index (χ2v) is 8.10. The van der Waals surface area contributed by atoms with Crippen LogP contribution in [0.2, 0.25) is 0 Å². The second kappa shape index (κ2) is 8.50. The minimum absolute atomic E-state index is 0.281. The average molecular weight is 405 g/mol. The average Bonchev–Trinajstić information content (AvgIpc) is 3.49. The van der Waals surface area contributed by atoms with Crippen LogP contribution in [0, 0.1) is 5.92 Å². The zero-order valence-corrected chi connectivity index (χ0v) is 17.3. The second-order valence-electron chi connectivity index (χ2n) is 8.10. The van der Waals surface area contributed by atoms with Gasteiger partial charge in [0.05, 0.1) is 18.8 Å². The normalized spacial score (nSPS) is 18.2. The van der Waals surface area contributed by atoms with Crippen molar-refractivity contribution in [2.24, 2.45) is 5.92 Å². The van der Waals surface area contributed by atoms with Gasteiger partial charge in [0.25, 0.3) is 0 Å². The van der Waals surface area contributed by atoms with Gasteiger partial charge in [0.1, 0.15) is 0 Å². The Hall–Kier alpha value is -2.83. The lowest BCUT2D eigenvalue weighted by Gasteiger charge is -2.15. The van der Waals surface area contributed by atoms with Crippen molar-refractivity contribution in [2.75, 3.05) is 33.6 Å². The highest BCUT2D eigenvalue weighted by atomic mass is 16.7. The standard InChI is InChI=1S/C24H27N3O3/c1-28-16-19-9-10-26(12-19)14-21-15-27(13-18-5-3-2-4-6-18)25-24(21)20-7-8-22-23(11-20)30-17-29-22/h2-8,11,15,19H,9-10,12-14,16-17H2,1H3/t19-/m0/s1. The van der Waals surface area contributed by atoms with E-state index < -0.39 is 0 Å². The number of likely N-dealkylation sites (tertiary alicyclic amines) is 1. The molecular formula is C24H27N3O3. The van der Waals surface area contributed by atoms with Gasteiger partial charge in [-0.05, 0) is 42.6 Å². The summed E-state index contributed by atoms with van der Waals surface area (Å²) in [6, 6.07) is 16.5. The first-order valence-corrected chi connectivity index (χ1v) is 10.5. The summed E-state index contributed by atoms with van der Waals surface area (Å²) in [5, 5.41) is 4.97. The molecule has 3 aromatic rings. The molecule has 0 aliphatic carbocycles. The fourth-order valence-corrected chi connectivity index (χ4v) is 4.39. The molecule has 6 heteroatoms. The predicted octanol–water partition coefficient (Wildman–Crippen LogP) is 3.80. The van der Waals surface area contributed by atoms with Crippen LogP contribution in [-0.4, -0.2) is 48.3 Å². The van der Waals surface area contributed by atoms with Gasteiger partial charge < -0.3 is 14.2 Å². The molecule has 0 saturated carbocycles. The van der Waals surface area contributed by atoms with E-state index in [0.717, 1.165) is 55.5 Å². The number of ether oxygens (including phenoxy) is 3. The molecule has 0 spiro atoms. The van der Waals surface area contributed by atoms with Crippen LogP contribution in [0.3, 0.4) is 0 Å². The topological polar surface area (TPSA) is 48.8 Å². The monoisotopic (exact) mass is 405 g/mol. The fourth-order valence-electron chi connectivity index (χ4n) is 4.39. The Labute approximate surface area is 177 Å². The lowest BCUT2D eigenvalue weighted by atomic mass is 10.1. The minimum Gasteiger partial charge on any atom is -0.454 e. The Morgan fingerprint density at radius 1 is 1.07 bits per heavy atom. The van der Waals surface area contributed by atoms with E-state index in [-0.39, 0.29) is 6.79 Å². The van der Waals surface area contributed by atoms with Gasteiger partial charge in [0.15, 0.2) is 11.5 Å². The van der Waals surface area contributed by atoms with E-state index in [9.17, 15) is 0 Å². The van der Waals surface area contributed by atoms with Crippen molar-refractivity contribution in [1.29, 1.82) is 0 Å². The Kier molecular flexibility index (Phi) is 5.43.